The lowest BCUT2D eigenvalue weighted by molar-refractivity contribution is 1.18. The molecule has 0 saturated heterocycles. The summed E-state index contributed by atoms with van der Waals surface area (Å²) in [5, 5.41) is 9.78. The fraction of sp³-hybridized carbons (Fsp3) is 0. The van der Waals surface area contributed by atoms with E-state index in [2.05, 4.69) is 48.5 Å². The zero-order valence-electron chi connectivity index (χ0n) is 20.6. The fourth-order valence-corrected chi connectivity index (χ4v) is 4.63. The quantitative estimate of drug-likeness (QED) is 0.245. The molecule has 0 saturated carbocycles. The minimum absolute atomic E-state index is 0.583. The van der Waals surface area contributed by atoms with Gasteiger partial charge in [0, 0.05) is 16.7 Å². The Hall–Kier alpha value is -5.33. The summed E-state index contributed by atoms with van der Waals surface area (Å²) in [5.74, 6) is 0.615. The Morgan fingerprint density at radius 2 is 0.895 bits per heavy atom. The summed E-state index contributed by atoms with van der Waals surface area (Å²) in [6.45, 7) is 0. The van der Waals surface area contributed by atoms with Crippen molar-refractivity contribution in [2.45, 2.75) is 0 Å². The largest absolute Gasteiger partial charge is 0.228 e. The molecule has 0 aliphatic carbocycles. The highest BCUT2D eigenvalue weighted by molar-refractivity contribution is 5.81. The topological polar surface area (TPSA) is 49.6 Å². The first-order chi connectivity index (χ1) is 18.8. The normalized spacial score (nSPS) is 10.6. The summed E-state index contributed by atoms with van der Waals surface area (Å²) >= 11 is 0. The maximum atomic E-state index is 9.78. The SMILES string of the molecule is N#Cc1ccccc1-c1cc(-c2ccccc2)nc(-c2cc(-c3ccccc3)cc(-c3ccccc3)c2)n1. The highest BCUT2D eigenvalue weighted by Crippen LogP contribution is 2.34. The van der Waals surface area contributed by atoms with Crippen LogP contribution >= 0.6 is 0 Å². The number of nitrogens with zero attached hydrogens (tertiary/aromatic N) is 3. The Kier molecular flexibility index (Phi) is 6.28. The molecule has 0 radical (unpaired) electrons. The molecule has 0 unspecified atom stereocenters. The van der Waals surface area contributed by atoms with Gasteiger partial charge in [0.15, 0.2) is 5.82 Å². The number of hydrogen-bond donors (Lipinski definition) is 0. The minimum atomic E-state index is 0.583. The standard InChI is InChI=1S/C35H23N3/c36-24-28-18-10-11-19-32(28)34-23-33(27-16-8-3-9-17-27)37-35(38-34)31-21-29(25-12-4-1-5-13-25)20-30(22-31)26-14-6-2-7-15-26/h1-23H. The van der Waals surface area contributed by atoms with Crippen molar-refractivity contribution in [3.8, 4) is 62.2 Å². The van der Waals surface area contributed by atoms with E-state index >= 15 is 0 Å². The molecule has 1 aromatic heterocycles. The lowest BCUT2D eigenvalue weighted by Gasteiger charge is -2.13. The van der Waals surface area contributed by atoms with E-state index in [9.17, 15) is 5.26 Å². The van der Waals surface area contributed by atoms with Gasteiger partial charge in [-0.05, 0) is 52.6 Å². The van der Waals surface area contributed by atoms with E-state index in [4.69, 9.17) is 9.97 Å². The van der Waals surface area contributed by atoms with Crippen LogP contribution in [0.25, 0.3) is 56.2 Å². The Morgan fingerprint density at radius 3 is 1.47 bits per heavy atom. The first kappa shape index (κ1) is 23.1. The highest BCUT2D eigenvalue weighted by Gasteiger charge is 2.15. The molecule has 178 valence electrons. The van der Waals surface area contributed by atoms with E-state index in [0.29, 0.717) is 11.4 Å². The maximum absolute atomic E-state index is 9.78. The number of rotatable bonds is 5. The van der Waals surface area contributed by atoms with Crippen LogP contribution in [0, 0.1) is 11.3 Å². The molecule has 6 rings (SSSR count). The second-order valence-electron chi connectivity index (χ2n) is 9.02. The van der Waals surface area contributed by atoms with E-state index in [1.807, 2.05) is 97.1 Å². The van der Waals surface area contributed by atoms with Crippen molar-refractivity contribution in [2.75, 3.05) is 0 Å². The lowest BCUT2D eigenvalue weighted by Crippen LogP contribution is -1.98. The number of benzene rings is 5. The van der Waals surface area contributed by atoms with Gasteiger partial charge in [-0.25, -0.2) is 9.97 Å². The van der Waals surface area contributed by atoms with Crippen LogP contribution in [0.5, 0.6) is 0 Å². The van der Waals surface area contributed by atoms with Crippen molar-refractivity contribution < 1.29 is 0 Å². The average Bonchev–Trinajstić information content (AvgIpc) is 3.02. The molecule has 0 aliphatic rings. The molecular weight excluding hydrogens is 462 g/mol. The minimum Gasteiger partial charge on any atom is -0.228 e. The van der Waals surface area contributed by atoms with E-state index in [0.717, 1.165) is 50.3 Å². The number of hydrogen-bond acceptors (Lipinski definition) is 3. The molecule has 3 heteroatoms. The van der Waals surface area contributed by atoms with Gasteiger partial charge in [0.05, 0.1) is 23.0 Å². The zero-order valence-corrected chi connectivity index (χ0v) is 20.6. The molecule has 3 nitrogen and oxygen atoms in total. The Bertz CT molecular complexity index is 1700. The van der Waals surface area contributed by atoms with Gasteiger partial charge in [-0.1, -0.05) is 109 Å². The van der Waals surface area contributed by atoms with Gasteiger partial charge >= 0.3 is 0 Å². The maximum Gasteiger partial charge on any atom is 0.160 e. The summed E-state index contributed by atoms with van der Waals surface area (Å²) in [5.41, 5.74) is 9.25. The van der Waals surface area contributed by atoms with E-state index in [-0.39, 0.29) is 0 Å². The smallest absolute Gasteiger partial charge is 0.160 e. The van der Waals surface area contributed by atoms with Crippen LogP contribution in [-0.4, -0.2) is 9.97 Å². The third-order valence-electron chi connectivity index (χ3n) is 6.52. The van der Waals surface area contributed by atoms with Crippen molar-refractivity contribution in [1.82, 2.24) is 9.97 Å². The molecule has 0 amide bonds. The van der Waals surface area contributed by atoms with Crippen LogP contribution in [0.4, 0.5) is 0 Å². The van der Waals surface area contributed by atoms with Crippen molar-refractivity contribution in [1.29, 1.82) is 5.26 Å². The second kappa shape index (κ2) is 10.3. The van der Waals surface area contributed by atoms with Crippen LogP contribution in [0.1, 0.15) is 5.56 Å². The summed E-state index contributed by atoms with van der Waals surface area (Å²) in [6.07, 6.45) is 0. The third-order valence-corrected chi connectivity index (χ3v) is 6.52. The van der Waals surface area contributed by atoms with Crippen molar-refractivity contribution in [3.05, 3.63) is 145 Å². The Labute approximate surface area is 222 Å². The number of nitriles is 1. The van der Waals surface area contributed by atoms with Gasteiger partial charge in [0.25, 0.3) is 0 Å². The Balaban J connectivity index is 1.60. The van der Waals surface area contributed by atoms with Crippen molar-refractivity contribution >= 4 is 0 Å². The molecule has 6 aromatic rings. The van der Waals surface area contributed by atoms with E-state index in [1.54, 1.807) is 0 Å². The molecule has 0 spiro atoms. The summed E-state index contributed by atoms with van der Waals surface area (Å²) < 4.78 is 0. The van der Waals surface area contributed by atoms with Crippen molar-refractivity contribution in [2.24, 2.45) is 0 Å². The fourth-order valence-electron chi connectivity index (χ4n) is 4.63. The van der Waals surface area contributed by atoms with Gasteiger partial charge in [0.1, 0.15) is 0 Å². The van der Waals surface area contributed by atoms with Gasteiger partial charge in [0.2, 0.25) is 0 Å². The monoisotopic (exact) mass is 485 g/mol. The van der Waals surface area contributed by atoms with Gasteiger partial charge < -0.3 is 0 Å². The molecule has 0 atom stereocenters. The summed E-state index contributed by atoms with van der Waals surface area (Å²) in [7, 11) is 0. The third kappa shape index (κ3) is 4.72. The lowest BCUT2D eigenvalue weighted by atomic mass is 9.95. The van der Waals surface area contributed by atoms with Crippen LogP contribution < -0.4 is 0 Å². The van der Waals surface area contributed by atoms with E-state index in [1.165, 1.54) is 0 Å². The second-order valence-corrected chi connectivity index (χ2v) is 9.02. The number of aromatic nitrogens is 2. The van der Waals surface area contributed by atoms with Crippen LogP contribution in [0.15, 0.2) is 140 Å². The average molecular weight is 486 g/mol. The van der Waals surface area contributed by atoms with Crippen molar-refractivity contribution in [3.63, 3.8) is 0 Å². The zero-order chi connectivity index (χ0) is 25.7. The molecule has 1 heterocycles. The summed E-state index contributed by atoms with van der Waals surface area (Å²) in [6, 6.07) is 49.1. The molecule has 5 aromatic carbocycles. The Morgan fingerprint density at radius 1 is 0.421 bits per heavy atom. The molecule has 38 heavy (non-hydrogen) atoms. The first-order valence-electron chi connectivity index (χ1n) is 12.5. The van der Waals surface area contributed by atoms with Gasteiger partial charge in [-0.15, -0.1) is 0 Å². The molecular formula is C35H23N3. The first-order valence-corrected chi connectivity index (χ1v) is 12.5. The van der Waals surface area contributed by atoms with Crippen LogP contribution in [0.2, 0.25) is 0 Å². The van der Waals surface area contributed by atoms with Crippen LogP contribution in [0.3, 0.4) is 0 Å². The molecule has 0 N–H and O–H groups in total. The van der Waals surface area contributed by atoms with Gasteiger partial charge in [-0.3, -0.25) is 0 Å². The highest BCUT2D eigenvalue weighted by atomic mass is 14.9. The molecule has 0 bridgehead atoms. The van der Waals surface area contributed by atoms with Crippen LogP contribution in [-0.2, 0) is 0 Å². The predicted octanol–water partition coefficient (Wildman–Crippen LogP) is 8.68. The van der Waals surface area contributed by atoms with E-state index < -0.39 is 0 Å². The predicted molar refractivity (Wildman–Crippen MR) is 154 cm³/mol. The molecule has 0 fully saturated rings. The molecule has 0 aliphatic heterocycles. The van der Waals surface area contributed by atoms with Gasteiger partial charge in [-0.2, -0.15) is 5.26 Å². The summed E-state index contributed by atoms with van der Waals surface area (Å²) in [4.78, 5) is 10.0.